The lowest BCUT2D eigenvalue weighted by molar-refractivity contribution is -0.118. The zero-order chi connectivity index (χ0) is 24.3. The van der Waals surface area contributed by atoms with E-state index in [-0.39, 0.29) is 18.0 Å². The van der Waals surface area contributed by atoms with Gasteiger partial charge in [0.25, 0.3) is 0 Å². The van der Waals surface area contributed by atoms with Crippen molar-refractivity contribution in [2.45, 2.75) is 32.7 Å². The third-order valence-electron chi connectivity index (χ3n) is 6.69. The topological polar surface area (TPSA) is 96.7 Å². The second-order valence-corrected chi connectivity index (χ2v) is 9.75. The van der Waals surface area contributed by atoms with Crippen molar-refractivity contribution in [2.75, 3.05) is 26.3 Å². The number of Topliss-reactive ketones (excluding diaryl/α,β-unsaturated/α-hetero) is 1. The molecule has 6 rings (SSSR count). The quantitative estimate of drug-likeness (QED) is 0.596. The molecule has 9 heteroatoms. The minimum Gasteiger partial charge on any atom is -0.493 e. The molecule has 0 amide bonds. The summed E-state index contributed by atoms with van der Waals surface area (Å²) in [5.41, 5.74) is 3.14. The van der Waals surface area contributed by atoms with Gasteiger partial charge in [0.15, 0.2) is 34.6 Å². The van der Waals surface area contributed by atoms with Crippen LogP contribution >= 0.6 is 0 Å². The summed E-state index contributed by atoms with van der Waals surface area (Å²) in [6, 6.07) is 10.9. The number of hydrogen-bond acceptors (Lipinski definition) is 8. The molecule has 0 spiro atoms. The third kappa shape index (κ3) is 3.50. The van der Waals surface area contributed by atoms with Gasteiger partial charge in [-0.2, -0.15) is 4.98 Å². The van der Waals surface area contributed by atoms with Gasteiger partial charge in [-0.15, -0.1) is 5.10 Å². The number of benzene rings is 2. The van der Waals surface area contributed by atoms with Gasteiger partial charge in [-0.05, 0) is 47.7 Å². The Labute approximate surface area is 202 Å². The summed E-state index contributed by atoms with van der Waals surface area (Å²) in [7, 11) is 3.19. The minimum absolute atomic E-state index is 0.111. The van der Waals surface area contributed by atoms with E-state index in [2.05, 4.69) is 19.2 Å². The van der Waals surface area contributed by atoms with Gasteiger partial charge in [0.05, 0.1) is 14.2 Å². The van der Waals surface area contributed by atoms with Gasteiger partial charge in [-0.25, -0.2) is 4.68 Å². The highest BCUT2D eigenvalue weighted by Crippen LogP contribution is 2.47. The molecule has 2 aromatic carbocycles. The minimum atomic E-state index is -0.430. The number of carbonyl (C=O) groups is 1. The maximum Gasteiger partial charge on any atom is 0.231 e. The maximum atomic E-state index is 13.5. The van der Waals surface area contributed by atoms with Gasteiger partial charge < -0.3 is 24.3 Å². The fourth-order valence-electron chi connectivity index (χ4n) is 5.10. The number of aromatic nitrogens is 3. The van der Waals surface area contributed by atoms with Crippen LogP contribution in [0.1, 0.15) is 38.3 Å². The van der Waals surface area contributed by atoms with Crippen molar-refractivity contribution in [3.63, 3.8) is 0 Å². The predicted molar refractivity (Wildman–Crippen MR) is 128 cm³/mol. The lowest BCUT2D eigenvalue weighted by Crippen LogP contribution is -2.36. The van der Waals surface area contributed by atoms with Crippen molar-refractivity contribution in [1.82, 2.24) is 14.8 Å². The normalized spacial score (nSPS) is 19.7. The molecule has 1 aromatic heterocycles. The lowest BCUT2D eigenvalue weighted by atomic mass is 9.73. The Morgan fingerprint density at radius 2 is 1.83 bits per heavy atom. The highest BCUT2D eigenvalue weighted by Gasteiger charge is 2.42. The first kappa shape index (κ1) is 21.5. The molecule has 0 bridgehead atoms. The lowest BCUT2D eigenvalue weighted by Gasteiger charge is -2.38. The van der Waals surface area contributed by atoms with Crippen LogP contribution in [0.3, 0.4) is 0 Å². The molecule has 3 aromatic rings. The summed E-state index contributed by atoms with van der Waals surface area (Å²) in [5, 5.41) is 8.27. The molecule has 0 radical (unpaired) electrons. The summed E-state index contributed by atoms with van der Waals surface area (Å²) in [5.74, 6) is 3.79. The summed E-state index contributed by atoms with van der Waals surface area (Å²) in [6.45, 7) is 4.41. The standard InChI is InChI=1S/C26H26N4O5/c1-26(2)11-16-22(17(31)12-26)23(14-5-8-19-21(9-14)35-13-34-19)30-25(27-16)28-24(29-30)15-6-7-18(32-3)20(10-15)33-4/h5-10,23H,11-13H2,1-4H3,(H,27,28,29)/t23-/m1/s1. The van der Waals surface area contributed by atoms with E-state index in [9.17, 15) is 4.79 Å². The van der Waals surface area contributed by atoms with Gasteiger partial charge in [-0.1, -0.05) is 19.9 Å². The molecule has 2 aliphatic heterocycles. The van der Waals surface area contributed by atoms with Crippen LogP contribution < -0.4 is 24.3 Å². The van der Waals surface area contributed by atoms with E-state index in [1.807, 2.05) is 36.4 Å². The van der Waals surface area contributed by atoms with Crippen LogP contribution in [-0.4, -0.2) is 41.6 Å². The van der Waals surface area contributed by atoms with Crippen molar-refractivity contribution < 1.29 is 23.7 Å². The Balaban J connectivity index is 1.50. The monoisotopic (exact) mass is 474 g/mol. The summed E-state index contributed by atoms with van der Waals surface area (Å²) >= 11 is 0. The first-order chi connectivity index (χ1) is 16.9. The van der Waals surface area contributed by atoms with Crippen LogP contribution in [0.2, 0.25) is 0 Å². The number of carbonyl (C=O) groups excluding carboxylic acids is 1. The van der Waals surface area contributed by atoms with Crippen LogP contribution in [0.4, 0.5) is 5.95 Å². The van der Waals surface area contributed by atoms with Crippen LogP contribution in [0.25, 0.3) is 11.4 Å². The number of fused-ring (bicyclic) bond motifs is 2. The van der Waals surface area contributed by atoms with Crippen LogP contribution in [0, 0.1) is 5.41 Å². The van der Waals surface area contributed by atoms with Crippen molar-refractivity contribution >= 4 is 11.7 Å². The molecule has 1 aliphatic carbocycles. The molecule has 0 saturated heterocycles. The average molecular weight is 475 g/mol. The molecule has 0 fully saturated rings. The second-order valence-electron chi connectivity index (χ2n) is 9.75. The van der Waals surface area contributed by atoms with E-state index in [4.69, 9.17) is 29.0 Å². The third-order valence-corrected chi connectivity index (χ3v) is 6.69. The molecule has 0 unspecified atom stereocenters. The van der Waals surface area contributed by atoms with E-state index < -0.39 is 6.04 Å². The Morgan fingerprint density at radius 3 is 2.63 bits per heavy atom. The number of rotatable bonds is 4. The fraction of sp³-hybridized carbons (Fsp3) is 0.346. The van der Waals surface area contributed by atoms with Crippen molar-refractivity contribution in [3.8, 4) is 34.4 Å². The SMILES string of the molecule is COc1ccc(-c2nc3n(n2)[C@H](c2ccc4c(c2)OCO4)C2=C(CC(C)(C)CC2=O)N3)cc1OC. The highest BCUT2D eigenvalue weighted by atomic mass is 16.7. The van der Waals surface area contributed by atoms with E-state index in [1.165, 1.54) is 0 Å². The summed E-state index contributed by atoms with van der Waals surface area (Å²) < 4.78 is 23.7. The second kappa shape index (κ2) is 7.76. The number of nitrogens with zero attached hydrogens (tertiary/aromatic N) is 3. The van der Waals surface area contributed by atoms with E-state index >= 15 is 0 Å². The molecule has 180 valence electrons. The average Bonchev–Trinajstić information content (AvgIpc) is 3.47. The van der Waals surface area contributed by atoms with E-state index in [0.717, 1.165) is 28.8 Å². The smallest absolute Gasteiger partial charge is 0.231 e. The number of allylic oxidation sites excluding steroid dienone is 2. The van der Waals surface area contributed by atoms with Crippen LogP contribution in [0.15, 0.2) is 47.7 Å². The maximum absolute atomic E-state index is 13.5. The molecule has 3 aliphatic rings. The molecule has 35 heavy (non-hydrogen) atoms. The number of anilines is 1. The van der Waals surface area contributed by atoms with Crippen molar-refractivity contribution in [3.05, 3.63) is 53.2 Å². The number of ether oxygens (including phenoxy) is 4. The van der Waals surface area contributed by atoms with Crippen molar-refractivity contribution in [2.24, 2.45) is 5.41 Å². The first-order valence-corrected chi connectivity index (χ1v) is 11.5. The first-order valence-electron chi connectivity index (χ1n) is 11.5. The van der Waals surface area contributed by atoms with Gasteiger partial charge >= 0.3 is 0 Å². The Morgan fingerprint density at radius 1 is 1.03 bits per heavy atom. The molecular weight excluding hydrogens is 448 g/mol. The number of ketones is 1. The molecule has 1 N–H and O–H groups in total. The Bertz CT molecular complexity index is 1390. The zero-order valence-electron chi connectivity index (χ0n) is 20.0. The van der Waals surface area contributed by atoms with E-state index in [1.54, 1.807) is 18.9 Å². The molecular formula is C26H26N4O5. The van der Waals surface area contributed by atoms with Gasteiger partial charge in [0, 0.05) is 23.3 Å². The fourth-order valence-corrected chi connectivity index (χ4v) is 5.10. The molecule has 3 heterocycles. The van der Waals surface area contributed by atoms with E-state index in [0.29, 0.717) is 41.2 Å². The molecule has 1 atom stereocenters. The predicted octanol–water partition coefficient (Wildman–Crippen LogP) is 4.35. The zero-order valence-corrected chi connectivity index (χ0v) is 20.0. The van der Waals surface area contributed by atoms with Crippen LogP contribution in [-0.2, 0) is 4.79 Å². The Kier molecular flexibility index (Phi) is 4.77. The van der Waals surface area contributed by atoms with Gasteiger partial charge in [0.1, 0.15) is 6.04 Å². The van der Waals surface area contributed by atoms with Gasteiger partial charge in [0.2, 0.25) is 12.7 Å². The highest BCUT2D eigenvalue weighted by molar-refractivity contribution is 6.00. The summed E-state index contributed by atoms with van der Waals surface area (Å²) in [4.78, 5) is 18.3. The summed E-state index contributed by atoms with van der Waals surface area (Å²) in [6.07, 6.45) is 1.22. The number of nitrogens with one attached hydrogen (secondary N) is 1. The largest absolute Gasteiger partial charge is 0.493 e. The molecule has 0 saturated carbocycles. The van der Waals surface area contributed by atoms with Crippen LogP contribution in [0.5, 0.6) is 23.0 Å². The van der Waals surface area contributed by atoms with Crippen molar-refractivity contribution in [1.29, 1.82) is 0 Å². The Hall–Kier alpha value is -4.01. The number of hydrogen-bond donors (Lipinski definition) is 1. The number of methoxy groups -OCH3 is 2. The van der Waals surface area contributed by atoms with Gasteiger partial charge in [-0.3, -0.25) is 4.79 Å². The molecule has 9 nitrogen and oxygen atoms in total.